The number of carbonyl (C=O) groups is 2. The van der Waals surface area contributed by atoms with Crippen LogP contribution in [0, 0.1) is 12.8 Å². The molecule has 1 saturated heterocycles. The summed E-state index contributed by atoms with van der Waals surface area (Å²) in [4.78, 5) is 38.7. The topological polar surface area (TPSA) is 114 Å². The molecule has 0 saturated carbocycles. The van der Waals surface area contributed by atoms with Crippen molar-refractivity contribution in [2.24, 2.45) is 18.0 Å². The summed E-state index contributed by atoms with van der Waals surface area (Å²) in [6.07, 6.45) is 1.86. The molecule has 37 heavy (non-hydrogen) atoms. The van der Waals surface area contributed by atoms with Crippen molar-refractivity contribution in [1.29, 1.82) is 0 Å². The van der Waals surface area contributed by atoms with Crippen molar-refractivity contribution < 1.29 is 14.7 Å². The van der Waals surface area contributed by atoms with Crippen LogP contribution >= 0.6 is 11.3 Å². The molecule has 1 aromatic carbocycles. The molecule has 2 aliphatic rings. The lowest BCUT2D eigenvalue weighted by molar-refractivity contribution is -0.134. The second-order valence-electron chi connectivity index (χ2n) is 10.7. The Morgan fingerprint density at radius 1 is 1.24 bits per heavy atom. The zero-order chi connectivity index (χ0) is 26.5. The molecule has 0 unspecified atom stereocenters. The number of amides is 2. The van der Waals surface area contributed by atoms with Gasteiger partial charge >= 0.3 is 0 Å². The van der Waals surface area contributed by atoms with E-state index < -0.39 is 23.5 Å². The van der Waals surface area contributed by atoms with Crippen molar-refractivity contribution in [2.75, 3.05) is 6.54 Å². The minimum absolute atomic E-state index is 0.0132. The summed E-state index contributed by atoms with van der Waals surface area (Å²) in [6, 6.07) is 7.59. The van der Waals surface area contributed by atoms with Crippen molar-refractivity contribution in [2.45, 2.75) is 64.0 Å². The quantitative estimate of drug-likeness (QED) is 0.534. The predicted octanol–water partition coefficient (Wildman–Crippen LogP) is 3.28. The first-order valence-electron chi connectivity index (χ1n) is 12.6. The van der Waals surface area contributed by atoms with Crippen LogP contribution in [0.4, 0.5) is 0 Å². The van der Waals surface area contributed by atoms with E-state index in [9.17, 15) is 14.7 Å². The van der Waals surface area contributed by atoms with E-state index in [1.165, 1.54) is 0 Å². The molecule has 5 rings (SSSR count). The number of aliphatic imine (C=N–C) groups is 1. The molecular formula is C27H32N6O3S. The number of benzene rings is 1. The van der Waals surface area contributed by atoms with Crippen molar-refractivity contribution >= 4 is 28.9 Å². The van der Waals surface area contributed by atoms with E-state index in [0.717, 1.165) is 21.7 Å². The van der Waals surface area contributed by atoms with Crippen LogP contribution in [0.5, 0.6) is 0 Å². The smallest absolute Gasteiger partial charge is 0.256 e. The van der Waals surface area contributed by atoms with Gasteiger partial charge in [-0.25, -0.2) is 9.98 Å². The average Bonchev–Trinajstić information content (AvgIpc) is 3.62. The third-order valence-electron chi connectivity index (χ3n) is 7.60. The van der Waals surface area contributed by atoms with Gasteiger partial charge in [-0.1, -0.05) is 43.3 Å². The second-order valence-corrected chi connectivity index (χ2v) is 11.6. The molecule has 0 spiro atoms. The molecule has 2 amide bonds. The summed E-state index contributed by atoms with van der Waals surface area (Å²) >= 11 is 1.59. The Morgan fingerprint density at radius 3 is 2.57 bits per heavy atom. The maximum Gasteiger partial charge on any atom is 0.256 e. The van der Waals surface area contributed by atoms with Crippen LogP contribution in [0.15, 0.2) is 41.0 Å². The van der Waals surface area contributed by atoms with Crippen LogP contribution in [0.3, 0.4) is 0 Å². The zero-order valence-electron chi connectivity index (χ0n) is 21.8. The van der Waals surface area contributed by atoms with E-state index in [1.807, 2.05) is 57.5 Å². The number of carbonyl (C=O) groups excluding carboxylic acids is 2. The van der Waals surface area contributed by atoms with Crippen molar-refractivity contribution in [3.63, 3.8) is 0 Å². The van der Waals surface area contributed by atoms with Gasteiger partial charge in [-0.2, -0.15) is 0 Å². The van der Waals surface area contributed by atoms with E-state index in [4.69, 9.17) is 0 Å². The highest BCUT2D eigenvalue weighted by molar-refractivity contribution is 7.13. The lowest BCUT2D eigenvalue weighted by Gasteiger charge is -2.30. The third kappa shape index (κ3) is 4.53. The first-order valence-corrected chi connectivity index (χ1v) is 13.4. The second kappa shape index (κ2) is 9.57. The van der Waals surface area contributed by atoms with Gasteiger partial charge in [-0.15, -0.1) is 16.4 Å². The monoisotopic (exact) mass is 520 g/mol. The summed E-state index contributed by atoms with van der Waals surface area (Å²) in [5.74, 6) is -0.841. The van der Waals surface area contributed by atoms with Crippen molar-refractivity contribution in [1.82, 2.24) is 24.9 Å². The number of likely N-dealkylation sites (tertiary alicyclic amines) is 1. The van der Waals surface area contributed by atoms with E-state index >= 15 is 0 Å². The number of β-amino-alcohol motifs (C(OH)–C–C–N with tert-alkyl or cyclic N) is 1. The molecule has 1 fully saturated rings. The maximum absolute atomic E-state index is 13.8. The Hall–Kier alpha value is -3.24. The van der Waals surface area contributed by atoms with Crippen LogP contribution in [-0.2, 0) is 22.1 Å². The number of aliphatic hydroxyl groups is 1. The number of nitrogens with zero attached hydrogens (tertiary/aromatic N) is 6. The van der Waals surface area contributed by atoms with E-state index in [1.54, 1.807) is 34.2 Å². The Balaban J connectivity index is 1.39. The Bertz CT molecular complexity index is 1360. The number of hydrogen-bond donors (Lipinski definition) is 1. The molecule has 10 heteroatoms. The van der Waals surface area contributed by atoms with Crippen LogP contribution < -0.4 is 0 Å². The molecule has 9 nitrogen and oxygen atoms in total. The molecule has 0 bridgehead atoms. The zero-order valence-corrected chi connectivity index (χ0v) is 22.6. The molecule has 0 aliphatic carbocycles. The van der Waals surface area contributed by atoms with E-state index in [-0.39, 0.29) is 24.3 Å². The molecule has 2 aliphatic heterocycles. The molecule has 4 heterocycles. The summed E-state index contributed by atoms with van der Waals surface area (Å²) in [6.45, 7) is 8.05. The van der Waals surface area contributed by atoms with Gasteiger partial charge in [0.05, 0.1) is 45.3 Å². The van der Waals surface area contributed by atoms with Gasteiger partial charge in [0.1, 0.15) is 0 Å². The highest BCUT2D eigenvalue weighted by Crippen LogP contribution is 2.39. The first-order chi connectivity index (χ1) is 17.6. The minimum atomic E-state index is -0.818. The fourth-order valence-electron chi connectivity index (χ4n) is 5.53. The lowest BCUT2D eigenvalue weighted by Crippen LogP contribution is -2.44. The third-order valence-corrected chi connectivity index (χ3v) is 8.58. The number of rotatable bonds is 6. The van der Waals surface area contributed by atoms with Gasteiger partial charge in [0.15, 0.2) is 0 Å². The van der Waals surface area contributed by atoms with Gasteiger partial charge < -0.3 is 10.0 Å². The number of aliphatic hydroxyl groups excluding tert-OH is 1. The van der Waals surface area contributed by atoms with Crippen molar-refractivity contribution in [3.05, 3.63) is 52.9 Å². The predicted molar refractivity (Wildman–Crippen MR) is 141 cm³/mol. The van der Waals surface area contributed by atoms with Crippen LogP contribution in [0.2, 0.25) is 0 Å². The summed E-state index contributed by atoms with van der Waals surface area (Å²) in [5.41, 5.74) is 5.21. The lowest BCUT2D eigenvalue weighted by atomic mass is 9.78. The SMILES string of the molecule is Cc1ncsc1-c1ccc([C@]2(C)CC([C@@H]3C[C@@H](O)CN3C(=O)[C@H](c3cn(C)nn3)C(C)C)=NC2=O)cc1. The standard InChI is InChI=1S/C27H32N6O3S/c1-15(2)23(21-13-32(5)31-30-21)25(35)33-12-19(34)10-22(33)20-11-27(4,26(36)29-20)18-8-6-17(7-9-18)24-16(3)28-14-37-24/h6-9,13-15,19,22-23,34H,10-12H2,1-5H3/t19-,22+,23+,27+/m1/s1. The van der Waals surface area contributed by atoms with Crippen LogP contribution in [-0.4, -0.2) is 66.2 Å². The van der Waals surface area contributed by atoms with Crippen LogP contribution in [0.1, 0.15) is 56.5 Å². The molecule has 3 aromatic rings. The average molecular weight is 521 g/mol. The number of aryl methyl sites for hydroxylation is 2. The molecular weight excluding hydrogens is 488 g/mol. The van der Waals surface area contributed by atoms with Gasteiger partial charge in [0, 0.05) is 38.3 Å². The molecule has 4 atom stereocenters. The Morgan fingerprint density at radius 2 is 1.97 bits per heavy atom. The van der Waals surface area contributed by atoms with Crippen LogP contribution in [0.25, 0.3) is 10.4 Å². The molecule has 194 valence electrons. The van der Waals surface area contributed by atoms with Crippen molar-refractivity contribution in [3.8, 4) is 10.4 Å². The fourth-order valence-corrected chi connectivity index (χ4v) is 6.34. The maximum atomic E-state index is 13.8. The Kier molecular flexibility index (Phi) is 6.57. The number of hydrogen-bond acceptors (Lipinski definition) is 7. The van der Waals surface area contributed by atoms with Gasteiger partial charge in [-0.3, -0.25) is 14.3 Å². The van der Waals surface area contributed by atoms with Gasteiger partial charge in [0.25, 0.3) is 5.91 Å². The number of thiazole rings is 1. The normalized spacial score (nSPS) is 24.7. The summed E-state index contributed by atoms with van der Waals surface area (Å²) < 4.78 is 1.58. The number of aromatic nitrogens is 4. The molecule has 2 aromatic heterocycles. The minimum Gasteiger partial charge on any atom is -0.391 e. The van der Waals surface area contributed by atoms with Gasteiger partial charge in [0.2, 0.25) is 5.91 Å². The fraction of sp³-hybridized carbons (Fsp3) is 0.481. The Labute approximate surface area is 220 Å². The molecule has 1 N–H and O–H groups in total. The highest BCUT2D eigenvalue weighted by atomic mass is 32.1. The highest BCUT2D eigenvalue weighted by Gasteiger charge is 2.48. The largest absolute Gasteiger partial charge is 0.391 e. The summed E-state index contributed by atoms with van der Waals surface area (Å²) in [5, 5.41) is 18.8. The van der Waals surface area contributed by atoms with E-state index in [0.29, 0.717) is 24.2 Å². The van der Waals surface area contributed by atoms with Gasteiger partial charge in [-0.05, 0) is 30.9 Å². The summed E-state index contributed by atoms with van der Waals surface area (Å²) in [7, 11) is 1.77. The molecule has 0 radical (unpaired) electrons. The van der Waals surface area contributed by atoms with E-state index in [2.05, 4.69) is 20.3 Å². The first kappa shape index (κ1) is 25.4.